The van der Waals surface area contributed by atoms with Gasteiger partial charge in [0.2, 0.25) is 5.91 Å². The number of hydrogen-bond donors (Lipinski definition) is 2. The molecule has 196 valence electrons. The number of imidazole rings is 1. The highest BCUT2D eigenvalue weighted by molar-refractivity contribution is 8.01. The zero-order valence-corrected chi connectivity index (χ0v) is 24.7. The lowest BCUT2D eigenvalue weighted by Crippen LogP contribution is -2.14. The van der Waals surface area contributed by atoms with Gasteiger partial charge >= 0.3 is 0 Å². The van der Waals surface area contributed by atoms with Gasteiger partial charge in [0.15, 0.2) is 5.16 Å². The fraction of sp³-hybridized carbons (Fsp3) is 0.536. The molecule has 3 rings (SSSR count). The summed E-state index contributed by atoms with van der Waals surface area (Å²) in [4.78, 5) is 26.6. The van der Waals surface area contributed by atoms with Gasteiger partial charge in [-0.15, -0.1) is 23.5 Å². The van der Waals surface area contributed by atoms with Crippen LogP contribution in [-0.2, 0) is 4.79 Å². The summed E-state index contributed by atoms with van der Waals surface area (Å²) in [6, 6.07) is 10.3. The molecule has 2 N–H and O–H groups in total. The van der Waals surface area contributed by atoms with Crippen LogP contribution in [0.2, 0.25) is 0 Å². The first-order chi connectivity index (χ1) is 17.3. The molecule has 0 aliphatic heterocycles. The number of thioether (sulfide) groups is 3. The molecule has 0 spiro atoms. The molecule has 3 aromatic rings. The maximum Gasteiger partial charge on any atom is 0.224 e. The summed E-state index contributed by atoms with van der Waals surface area (Å²) in [5.41, 5.74) is 4.03. The number of aromatic nitrogens is 3. The van der Waals surface area contributed by atoms with Crippen LogP contribution in [0.15, 0.2) is 45.4 Å². The lowest BCUT2D eigenvalue weighted by molar-refractivity contribution is -0.116. The number of amides is 1. The molecule has 1 aromatic carbocycles. The van der Waals surface area contributed by atoms with Crippen molar-refractivity contribution < 1.29 is 4.79 Å². The number of carbonyl (C=O) groups is 1. The second-order valence-electron chi connectivity index (χ2n) is 9.60. The first-order valence-corrected chi connectivity index (χ1v) is 15.8. The molecular formula is C28H40N4OS3. The second kappa shape index (κ2) is 14.9. The molecule has 5 nitrogen and oxygen atoms in total. The van der Waals surface area contributed by atoms with Crippen LogP contribution in [-0.4, -0.2) is 37.1 Å². The van der Waals surface area contributed by atoms with E-state index in [1.54, 1.807) is 35.3 Å². The van der Waals surface area contributed by atoms with Gasteiger partial charge in [0.25, 0.3) is 0 Å². The molecule has 0 saturated carbocycles. The van der Waals surface area contributed by atoms with Crippen LogP contribution in [0.25, 0.3) is 11.0 Å². The van der Waals surface area contributed by atoms with Crippen LogP contribution in [0.1, 0.15) is 78.3 Å². The van der Waals surface area contributed by atoms with Crippen molar-refractivity contribution >= 4 is 57.9 Å². The van der Waals surface area contributed by atoms with Crippen molar-refractivity contribution in [3.05, 3.63) is 36.0 Å². The number of unbranched alkanes of at least 4 members (excludes halogenated alkanes) is 5. The lowest BCUT2D eigenvalue weighted by Gasteiger charge is -2.18. The van der Waals surface area contributed by atoms with Crippen molar-refractivity contribution in [3.63, 3.8) is 0 Å². The van der Waals surface area contributed by atoms with Gasteiger partial charge < -0.3 is 10.3 Å². The number of para-hydroxylation sites is 2. The molecule has 0 saturated heterocycles. The second-order valence-corrected chi connectivity index (χ2v) is 13.9. The first-order valence-electron chi connectivity index (χ1n) is 13.0. The fourth-order valence-electron chi connectivity index (χ4n) is 3.85. The predicted octanol–water partition coefficient (Wildman–Crippen LogP) is 8.73. The molecule has 0 aliphatic rings. The summed E-state index contributed by atoms with van der Waals surface area (Å²) in [7, 11) is 0. The van der Waals surface area contributed by atoms with Crippen LogP contribution in [0.5, 0.6) is 0 Å². The Balaban J connectivity index is 1.35. The number of hydrogen-bond acceptors (Lipinski definition) is 6. The number of aromatic amines is 1. The van der Waals surface area contributed by atoms with E-state index in [1.807, 2.05) is 25.1 Å². The van der Waals surface area contributed by atoms with Crippen molar-refractivity contribution in [2.75, 3.05) is 11.1 Å². The lowest BCUT2D eigenvalue weighted by atomic mass is 10.1. The van der Waals surface area contributed by atoms with E-state index < -0.39 is 0 Å². The van der Waals surface area contributed by atoms with Crippen LogP contribution in [0.3, 0.4) is 0 Å². The third kappa shape index (κ3) is 9.67. The average molecular weight is 545 g/mol. The van der Waals surface area contributed by atoms with Crippen LogP contribution in [0, 0.1) is 6.92 Å². The summed E-state index contributed by atoms with van der Waals surface area (Å²) >= 11 is 5.31. The van der Waals surface area contributed by atoms with Crippen molar-refractivity contribution in [1.29, 1.82) is 0 Å². The third-order valence-electron chi connectivity index (χ3n) is 5.46. The van der Waals surface area contributed by atoms with Crippen LogP contribution >= 0.6 is 35.3 Å². The van der Waals surface area contributed by atoms with Crippen molar-refractivity contribution in [1.82, 2.24) is 15.0 Å². The standard InChI is InChI=1S/C28H40N4OS3/c1-19(2)35-24-18-21(5)29-27(36-20(3)4)26(24)32-25(33)16-10-8-6-7-9-13-17-34-28-30-22-14-11-12-15-23(22)31-28/h11-12,14-15,18-20H,6-10,13,16-17H2,1-5H3,(H,30,31)(H,32,33). The molecular weight excluding hydrogens is 505 g/mol. The molecule has 0 fully saturated rings. The number of nitrogens with zero attached hydrogens (tertiary/aromatic N) is 2. The monoisotopic (exact) mass is 544 g/mol. The van der Waals surface area contributed by atoms with Crippen LogP contribution in [0.4, 0.5) is 5.69 Å². The highest BCUT2D eigenvalue weighted by Gasteiger charge is 2.17. The molecule has 36 heavy (non-hydrogen) atoms. The number of nitrogens with one attached hydrogen (secondary N) is 2. The quantitative estimate of drug-likeness (QED) is 0.147. The molecule has 2 aromatic heterocycles. The predicted molar refractivity (Wildman–Crippen MR) is 159 cm³/mol. The molecule has 0 bridgehead atoms. The van der Waals surface area contributed by atoms with E-state index in [2.05, 4.69) is 55.1 Å². The topological polar surface area (TPSA) is 70.7 Å². The van der Waals surface area contributed by atoms with Gasteiger partial charge in [-0.2, -0.15) is 0 Å². The number of benzene rings is 1. The number of rotatable bonds is 15. The van der Waals surface area contributed by atoms with Gasteiger partial charge in [0.05, 0.1) is 16.7 Å². The molecule has 8 heteroatoms. The molecule has 0 radical (unpaired) electrons. The number of pyridine rings is 1. The minimum Gasteiger partial charge on any atom is -0.333 e. The number of aryl methyl sites for hydroxylation is 1. The molecule has 0 aliphatic carbocycles. The summed E-state index contributed by atoms with van der Waals surface area (Å²) in [5, 5.41) is 6.00. The van der Waals surface area contributed by atoms with Gasteiger partial charge in [-0.25, -0.2) is 9.97 Å². The smallest absolute Gasteiger partial charge is 0.224 e. The van der Waals surface area contributed by atoms with Gasteiger partial charge in [-0.05, 0) is 38.0 Å². The molecule has 0 atom stereocenters. The van der Waals surface area contributed by atoms with E-state index in [-0.39, 0.29) is 5.91 Å². The fourth-order valence-corrected chi connectivity index (χ4v) is 6.73. The average Bonchev–Trinajstić information content (AvgIpc) is 3.22. The van der Waals surface area contributed by atoms with Crippen molar-refractivity contribution in [3.8, 4) is 0 Å². The summed E-state index contributed by atoms with van der Waals surface area (Å²) in [6.45, 7) is 10.7. The number of H-pyrrole nitrogens is 1. The minimum atomic E-state index is 0.0964. The largest absolute Gasteiger partial charge is 0.333 e. The zero-order chi connectivity index (χ0) is 25.9. The van der Waals surface area contributed by atoms with Gasteiger partial charge in [-0.3, -0.25) is 4.79 Å². The van der Waals surface area contributed by atoms with E-state index in [4.69, 9.17) is 4.98 Å². The van der Waals surface area contributed by atoms with Crippen LogP contribution < -0.4 is 5.32 Å². The van der Waals surface area contributed by atoms with Gasteiger partial charge in [0, 0.05) is 33.3 Å². The Morgan fingerprint density at radius 2 is 1.64 bits per heavy atom. The van der Waals surface area contributed by atoms with Gasteiger partial charge in [-0.1, -0.05) is 77.3 Å². The van der Waals surface area contributed by atoms with E-state index in [0.29, 0.717) is 16.9 Å². The normalized spacial score (nSPS) is 11.6. The van der Waals surface area contributed by atoms with E-state index in [9.17, 15) is 4.79 Å². The summed E-state index contributed by atoms with van der Waals surface area (Å²) in [6.07, 6.45) is 7.39. The highest BCUT2D eigenvalue weighted by atomic mass is 32.2. The van der Waals surface area contributed by atoms with Gasteiger partial charge in [0.1, 0.15) is 5.03 Å². The SMILES string of the molecule is Cc1cc(SC(C)C)c(NC(=O)CCCCCCCCSc2nc3ccccc3[nH]2)c(SC(C)C)n1. The Morgan fingerprint density at radius 3 is 2.36 bits per heavy atom. The molecule has 0 unspecified atom stereocenters. The minimum absolute atomic E-state index is 0.0964. The Bertz CT molecular complexity index is 1050. The Kier molecular flexibility index (Phi) is 12.0. The van der Waals surface area contributed by atoms with Crippen molar-refractivity contribution in [2.45, 2.75) is 105 Å². The maximum atomic E-state index is 12.8. The van der Waals surface area contributed by atoms with E-state index in [0.717, 1.165) is 56.1 Å². The van der Waals surface area contributed by atoms with E-state index in [1.165, 1.54) is 25.7 Å². The third-order valence-corrected chi connectivity index (χ3v) is 8.45. The number of fused-ring (bicyclic) bond motifs is 1. The Hall–Kier alpha value is -1.64. The first kappa shape index (κ1) is 28.9. The Labute approximate surface area is 229 Å². The molecule has 1 amide bonds. The Morgan fingerprint density at radius 1 is 0.944 bits per heavy atom. The highest BCUT2D eigenvalue weighted by Crippen LogP contribution is 2.38. The van der Waals surface area contributed by atoms with Crippen molar-refractivity contribution in [2.24, 2.45) is 0 Å². The van der Waals surface area contributed by atoms with E-state index >= 15 is 0 Å². The number of carbonyl (C=O) groups excluding carboxylic acids is 1. The summed E-state index contributed by atoms with van der Waals surface area (Å²) < 4.78 is 0. The number of anilines is 1. The maximum absolute atomic E-state index is 12.8. The molecule has 2 heterocycles. The summed E-state index contributed by atoms with van der Waals surface area (Å²) in [5.74, 6) is 1.18. The zero-order valence-electron chi connectivity index (χ0n) is 22.2.